The summed E-state index contributed by atoms with van der Waals surface area (Å²) in [5, 5.41) is 9.24. The summed E-state index contributed by atoms with van der Waals surface area (Å²) in [6.45, 7) is -0.0450. The lowest BCUT2D eigenvalue weighted by Crippen LogP contribution is -1.91. The summed E-state index contributed by atoms with van der Waals surface area (Å²) in [6.07, 6.45) is 0. The van der Waals surface area contributed by atoms with Crippen molar-refractivity contribution in [1.29, 1.82) is 0 Å². The second-order valence-electron chi connectivity index (χ2n) is 3.47. The molecule has 0 fully saturated rings. The van der Waals surface area contributed by atoms with Gasteiger partial charge in [-0.15, -0.1) is 0 Å². The van der Waals surface area contributed by atoms with Crippen molar-refractivity contribution in [2.75, 3.05) is 0 Å². The van der Waals surface area contributed by atoms with Crippen molar-refractivity contribution in [1.82, 2.24) is 0 Å². The van der Waals surface area contributed by atoms with Crippen LogP contribution in [0.2, 0.25) is 0 Å². The number of aliphatic hydroxyl groups is 1. The Morgan fingerprint density at radius 3 is 2.47 bits per heavy atom. The number of ether oxygens (including phenoxy) is 1. The normalized spacial score (nSPS) is 10.3. The number of benzene rings is 2. The molecule has 0 aliphatic rings. The Morgan fingerprint density at radius 1 is 1.00 bits per heavy atom. The van der Waals surface area contributed by atoms with E-state index >= 15 is 0 Å². The molecule has 0 atom stereocenters. The summed E-state index contributed by atoms with van der Waals surface area (Å²) >= 11 is 6.77. The van der Waals surface area contributed by atoms with Gasteiger partial charge in [-0.1, -0.05) is 44.0 Å². The minimum absolute atomic E-state index is 0.0450. The molecule has 2 aromatic carbocycles. The first-order chi connectivity index (χ1) is 8.19. The highest BCUT2D eigenvalue weighted by Gasteiger charge is 2.05. The summed E-state index contributed by atoms with van der Waals surface area (Å²) in [5.74, 6) is 1.38. The zero-order valence-corrected chi connectivity index (χ0v) is 12.0. The van der Waals surface area contributed by atoms with Crippen LogP contribution in [-0.4, -0.2) is 5.11 Å². The van der Waals surface area contributed by atoms with Crippen molar-refractivity contribution in [2.45, 2.75) is 6.61 Å². The van der Waals surface area contributed by atoms with Gasteiger partial charge in [0.25, 0.3) is 0 Å². The molecule has 2 aromatic rings. The monoisotopic (exact) mass is 356 g/mol. The van der Waals surface area contributed by atoms with Gasteiger partial charge >= 0.3 is 0 Å². The van der Waals surface area contributed by atoms with Gasteiger partial charge in [-0.05, 0) is 30.3 Å². The maximum Gasteiger partial charge on any atom is 0.134 e. The molecule has 0 aliphatic heterocycles. The zero-order chi connectivity index (χ0) is 12.3. The molecule has 0 spiro atoms. The molecule has 0 aliphatic carbocycles. The van der Waals surface area contributed by atoms with Crippen molar-refractivity contribution >= 4 is 31.9 Å². The third-order valence-electron chi connectivity index (χ3n) is 2.22. The fraction of sp³-hybridized carbons (Fsp3) is 0.0769. The topological polar surface area (TPSA) is 29.5 Å². The van der Waals surface area contributed by atoms with E-state index in [1.54, 1.807) is 0 Å². The zero-order valence-electron chi connectivity index (χ0n) is 8.86. The van der Waals surface area contributed by atoms with Crippen LogP contribution >= 0.6 is 31.9 Å². The van der Waals surface area contributed by atoms with Gasteiger partial charge in [0.05, 0.1) is 6.61 Å². The first kappa shape index (κ1) is 12.6. The molecule has 0 bridgehead atoms. The molecule has 4 heteroatoms. The molecule has 88 valence electrons. The van der Waals surface area contributed by atoms with Gasteiger partial charge in [0.15, 0.2) is 0 Å². The van der Waals surface area contributed by atoms with Gasteiger partial charge in [-0.25, -0.2) is 0 Å². The highest BCUT2D eigenvalue weighted by atomic mass is 79.9. The van der Waals surface area contributed by atoms with E-state index in [0.717, 1.165) is 20.3 Å². The maximum absolute atomic E-state index is 9.24. The van der Waals surface area contributed by atoms with Crippen LogP contribution < -0.4 is 4.74 Å². The van der Waals surface area contributed by atoms with E-state index in [1.165, 1.54) is 0 Å². The number of halogens is 2. The number of hydrogen-bond acceptors (Lipinski definition) is 2. The molecular weight excluding hydrogens is 348 g/mol. The summed E-state index contributed by atoms with van der Waals surface area (Å²) in [5.41, 5.74) is 0.758. The molecule has 2 rings (SSSR count). The van der Waals surface area contributed by atoms with Crippen molar-refractivity contribution in [3.8, 4) is 11.5 Å². The van der Waals surface area contributed by atoms with Crippen LogP contribution in [0.1, 0.15) is 5.56 Å². The van der Waals surface area contributed by atoms with Crippen molar-refractivity contribution < 1.29 is 9.84 Å². The molecule has 0 aromatic heterocycles. The molecular formula is C13H10Br2O2. The van der Waals surface area contributed by atoms with E-state index in [0.29, 0.717) is 5.75 Å². The Hall–Kier alpha value is -0.840. The number of rotatable bonds is 3. The SMILES string of the molecule is OCc1ccc(Br)cc1Oc1cccc(Br)c1. The van der Waals surface area contributed by atoms with Crippen LogP contribution in [0.3, 0.4) is 0 Å². The van der Waals surface area contributed by atoms with Crippen LogP contribution in [-0.2, 0) is 6.61 Å². The van der Waals surface area contributed by atoms with Crippen LogP contribution in [0.5, 0.6) is 11.5 Å². The second kappa shape index (κ2) is 5.67. The fourth-order valence-corrected chi connectivity index (χ4v) is 2.13. The molecule has 0 radical (unpaired) electrons. The van der Waals surface area contributed by atoms with Crippen molar-refractivity contribution in [3.05, 3.63) is 57.0 Å². The van der Waals surface area contributed by atoms with Gasteiger partial charge in [-0.2, -0.15) is 0 Å². The van der Waals surface area contributed by atoms with Crippen molar-refractivity contribution in [2.24, 2.45) is 0 Å². The maximum atomic E-state index is 9.24. The number of hydrogen-bond donors (Lipinski definition) is 1. The van der Waals surface area contributed by atoms with Gasteiger partial charge in [0, 0.05) is 14.5 Å². The first-order valence-corrected chi connectivity index (χ1v) is 6.60. The standard InChI is InChI=1S/C13H10Br2O2/c14-10-2-1-3-12(6-10)17-13-7-11(15)5-4-9(13)8-16/h1-7,16H,8H2. The predicted octanol–water partition coefficient (Wildman–Crippen LogP) is 4.50. The van der Waals surface area contributed by atoms with Gasteiger partial charge in [-0.3, -0.25) is 0 Å². The smallest absolute Gasteiger partial charge is 0.134 e. The summed E-state index contributed by atoms with van der Waals surface area (Å²) in [4.78, 5) is 0. The molecule has 17 heavy (non-hydrogen) atoms. The Labute approximate surface area is 116 Å². The molecule has 0 saturated heterocycles. The minimum Gasteiger partial charge on any atom is -0.457 e. The summed E-state index contributed by atoms with van der Waals surface area (Å²) in [7, 11) is 0. The van der Waals surface area contributed by atoms with E-state index in [9.17, 15) is 5.11 Å². The first-order valence-electron chi connectivity index (χ1n) is 5.02. The average Bonchev–Trinajstić information content (AvgIpc) is 2.29. The van der Waals surface area contributed by atoms with Crippen LogP contribution in [0.25, 0.3) is 0 Å². The molecule has 1 N–H and O–H groups in total. The van der Waals surface area contributed by atoms with E-state index in [2.05, 4.69) is 31.9 Å². The van der Waals surface area contributed by atoms with E-state index in [1.807, 2.05) is 42.5 Å². The van der Waals surface area contributed by atoms with Crippen LogP contribution in [0.4, 0.5) is 0 Å². The Bertz CT molecular complexity index is 527. The third kappa shape index (κ3) is 3.31. The Balaban J connectivity index is 2.32. The Kier molecular flexibility index (Phi) is 4.20. The number of aliphatic hydroxyl groups excluding tert-OH is 1. The average molecular weight is 358 g/mol. The molecule has 0 unspecified atom stereocenters. The lowest BCUT2D eigenvalue weighted by atomic mass is 10.2. The van der Waals surface area contributed by atoms with E-state index in [-0.39, 0.29) is 6.61 Å². The minimum atomic E-state index is -0.0450. The van der Waals surface area contributed by atoms with E-state index < -0.39 is 0 Å². The molecule has 0 heterocycles. The highest BCUT2D eigenvalue weighted by Crippen LogP contribution is 2.29. The van der Waals surface area contributed by atoms with E-state index in [4.69, 9.17) is 4.74 Å². The van der Waals surface area contributed by atoms with Crippen LogP contribution in [0, 0.1) is 0 Å². The summed E-state index contributed by atoms with van der Waals surface area (Å²) in [6, 6.07) is 13.1. The second-order valence-corrected chi connectivity index (χ2v) is 5.30. The molecule has 2 nitrogen and oxygen atoms in total. The highest BCUT2D eigenvalue weighted by molar-refractivity contribution is 9.10. The summed E-state index contributed by atoms with van der Waals surface area (Å²) < 4.78 is 7.61. The van der Waals surface area contributed by atoms with Crippen molar-refractivity contribution in [3.63, 3.8) is 0 Å². The van der Waals surface area contributed by atoms with Gasteiger partial charge in [0.2, 0.25) is 0 Å². The Morgan fingerprint density at radius 2 is 1.76 bits per heavy atom. The van der Waals surface area contributed by atoms with Gasteiger partial charge in [0.1, 0.15) is 11.5 Å². The largest absolute Gasteiger partial charge is 0.457 e. The lowest BCUT2D eigenvalue weighted by Gasteiger charge is -2.10. The molecule has 0 saturated carbocycles. The fourth-order valence-electron chi connectivity index (χ4n) is 1.41. The quantitative estimate of drug-likeness (QED) is 0.876. The van der Waals surface area contributed by atoms with Crippen LogP contribution in [0.15, 0.2) is 51.4 Å². The lowest BCUT2D eigenvalue weighted by molar-refractivity contribution is 0.276. The molecule has 0 amide bonds. The third-order valence-corrected chi connectivity index (χ3v) is 3.21. The van der Waals surface area contributed by atoms with Gasteiger partial charge < -0.3 is 9.84 Å². The predicted molar refractivity (Wildman–Crippen MR) is 74.3 cm³/mol.